The average molecular weight is 649 g/mol. The van der Waals surface area contributed by atoms with Gasteiger partial charge < -0.3 is 15.0 Å². The Labute approximate surface area is 265 Å². The fraction of sp³-hybridized carbons (Fsp3) is 0.375. The van der Waals surface area contributed by atoms with Crippen LogP contribution in [-0.2, 0) is 32.6 Å². The fourth-order valence-electron chi connectivity index (χ4n) is 4.58. The predicted molar refractivity (Wildman–Crippen MR) is 173 cm³/mol. The summed E-state index contributed by atoms with van der Waals surface area (Å²) in [5.74, 6) is 0.191. The van der Waals surface area contributed by atoms with Gasteiger partial charge in [0.2, 0.25) is 21.8 Å². The second-order valence-electron chi connectivity index (χ2n) is 10.8. The summed E-state index contributed by atoms with van der Waals surface area (Å²) in [6, 6.07) is 20.6. The monoisotopic (exact) mass is 647 g/mol. The molecule has 8 nitrogen and oxygen atoms in total. The maximum Gasteiger partial charge on any atom is 0.243 e. The minimum Gasteiger partial charge on any atom is -0.497 e. The summed E-state index contributed by atoms with van der Waals surface area (Å²) < 4.78 is 31.9. The second kappa shape index (κ2) is 16.0. The number of rotatable bonds is 15. The minimum atomic E-state index is -3.64. The van der Waals surface area contributed by atoms with Gasteiger partial charge in [-0.25, -0.2) is 8.42 Å². The Morgan fingerprint density at radius 2 is 1.65 bits per heavy atom. The van der Waals surface area contributed by atoms with Crippen molar-refractivity contribution < 1.29 is 22.7 Å². The highest BCUT2D eigenvalue weighted by Crippen LogP contribution is 2.26. The lowest BCUT2D eigenvalue weighted by Gasteiger charge is -2.32. The summed E-state index contributed by atoms with van der Waals surface area (Å²) in [5, 5.41) is 3.72. The highest BCUT2D eigenvalue weighted by Gasteiger charge is 2.31. The van der Waals surface area contributed by atoms with Crippen molar-refractivity contribution in [2.24, 2.45) is 5.92 Å². The third kappa shape index (κ3) is 10.4. The Kier molecular flexibility index (Phi) is 12.7. The average Bonchev–Trinajstić information content (AvgIpc) is 2.97. The van der Waals surface area contributed by atoms with Crippen molar-refractivity contribution >= 4 is 50.7 Å². The third-order valence-electron chi connectivity index (χ3n) is 6.79. The number of carbonyl (C=O) groups excluding carboxylic acids is 2. The lowest BCUT2D eigenvalue weighted by atomic mass is 10.0. The third-order valence-corrected chi connectivity index (χ3v) is 8.72. The van der Waals surface area contributed by atoms with Crippen LogP contribution < -0.4 is 14.4 Å². The summed E-state index contributed by atoms with van der Waals surface area (Å²) in [5.41, 5.74) is 2.06. The number of methoxy groups -OCH3 is 1. The molecule has 0 radical (unpaired) electrons. The van der Waals surface area contributed by atoms with Crippen LogP contribution >= 0.6 is 23.2 Å². The summed E-state index contributed by atoms with van der Waals surface area (Å²) in [6.45, 7) is 4.65. The van der Waals surface area contributed by atoms with E-state index in [-0.39, 0.29) is 43.7 Å². The standard InChI is InChI=1S/C32H39Cl2N3O5S/c1-23(2)21-35-32(39)30(19-24-10-6-5-7-11-24)36(22-25-15-16-28(33)29(34)18-25)31(38)14-9-17-37(43(4,40)41)26-12-8-13-27(20-26)42-3/h5-8,10-13,15-16,18,20,23,30H,9,14,17,19,21-22H2,1-4H3,(H,35,39)/t30-/m0/s1. The molecule has 0 spiro atoms. The SMILES string of the molecule is COc1cccc(N(CCCC(=O)N(Cc2ccc(Cl)c(Cl)c2)[C@@H](Cc2ccccc2)C(=O)NCC(C)C)S(C)(=O)=O)c1. The van der Waals surface area contributed by atoms with Crippen LogP contribution in [0.3, 0.4) is 0 Å². The lowest BCUT2D eigenvalue weighted by Crippen LogP contribution is -2.51. The Morgan fingerprint density at radius 1 is 0.930 bits per heavy atom. The Balaban J connectivity index is 1.90. The molecule has 2 amide bonds. The van der Waals surface area contributed by atoms with Gasteiger partial charge in [0, 0.05) is 38.5 Å². The van der Waals surface area contributed by atoms with Crippen LogP contribution in [-0.4, -0.2) is 57.6 Å². The number of sulfonamides is 1. The first-order chi connectivity index (χ1) is 20.4. The molecule has 0 saturated heterocycles. The number of benzene rings is 3. The maximum atomic E-state index is 13.9. The van der Waals surface area contributed by atoms with Crippen LogP contribution in [0.25, 0.3) is 0 Å². The zero-order valence-electron chi connectivity index (χ0n) is 24.9. The summed E-state index contributed by atoms with van der Waals surface area (Å²) in [6.07, 6.45) is 1.67. The van der Waals surface area contributed by atoms with Crippen LogP contribution in [0.2, 0.25) is 10.0 Å². The van der Waals surface area contributed by atoms with Crippen molar-refractivity contribution in [1.29, 1.82) is 0 Å². The van der Waals surface area contributed by atoms with E-state index in [0.717, 1.165) is 11.8 Å². The van der Waals surface area contributed by atoms with E-state index < -0.39 is 16.1 Å². The zero-order chi connectivity index (χ0) is 31.6. The molecular formula is C32H39Cl2N3O5S. The van der Waals surface area contributed by atoms with Crippen molar-refractivity contribution in [2.75, 3.05) is 30.8 Å². The second-order valence-corrected chi connectivity index (χ2v) is 13.5. The van der Waals surface area contributed by atoms with Gasteiger partial charge in [0.05, 0.1) is 29.1 Å². The van der Waals surface area contributed by atoms with Crippen molar-refractivity contribution in [2.45, 2.75) is 45.7 Å². The number of halogens is 2. The van der Waals surface area contributed by atoms with Crippen LogP contribution in [0.4, 0.5) is 5.69 Å². The van der Waals surface area contributed by atoms with Gasteiger partial charge >= 0.3 is 0 Å². The molecule has 0 aromatic heterocycles. The largest absolute Gasteiger partial charge is 0.497 e. The number of nitrogens with one attached hydrogen (secondary N) is 1. The smallest absolute Gasteiger partial charge is 0.243 e. The van der Waals surface area contributed by atoms with Gasteiger partial charge in [-0.15, -0.1) is 0 Å². The summed E-state index contributed by atoms with van der Waals surface area (Å²) >= 11 is 12.4. The molecule has 0 saturated carbocycles. The molecule has 43 heavy (non-hydrogen) atoms. The minimum absolute atomic E-state index is 0.0139. The molecule has 0 heterocycles. The first-order valence-electron chi connectivity index (χ1n) is 14.1. The lowest BCUT2D eigenvalue weighted by molar-refractivity contribution is -0.141. The number of anilines is 1. The van der Waals surface area contributed by atoms with E-state index in [0.29, 0.717) is 40.0 Å². The number of hydrogen-bond donors (Lipinski definition) is 1. The van der Waals surface area contributed by atoms with Crippen LogP contribution in [0.15, 0.2) is 72.8 Å². The van der Waals surface area contributed by atoms with E-state index in [1.807, 2.05) is 44.2 Å². The first kappa shape index (κ1) is 34.2. The van der Waals surface area contributed by atoms with Gasteiger partial charge in [0.1, 0.15) is 11.8 Å². The molecule has 0 aliphatic carbocycles. The van der Waals surface area contributed by atoms with Crippen molar-refractivity contribution in [3.05, 3.63) is 94.0 Å². The molecule has 3 rings (SSSR count). The maximum absolute atomic E-state index is 13.9. The molecule has 0 aliphatic heterocycles. The van der Waals surface area contributed by atoms with E-state index in [4.69, 9.17) is 27.9 Å². The molecule has 0 fully saturated rings. The number of carbonyl (C=O) groups is 2. The topological polar surface area (TPSA) is 96.0 Å². The summed E-state index contributed by atoms with van der Waals surface area (Å²) in [7, 11) is -2.13. The van der Waals surface area contributed by atoms with Crippen molar-refractivity contribution in [3.63, 3.8) is 0 Å². The number of hydrogen-bond acceptors (Lipinski definition) is 5. The van der Waals surface area contributed by atoms with Gasteiger partial charge in [-0.1, -0.05) is 79.5 Å². The Bertz CT molecular complexity index is 1490. The Morgan fingerprint density at radius 3 is 2.28 bits per heavy atom. The van der Waals surface area contributed by atoms with Gasteiger partial charge in [-0.2, -0.15) is 0 Å². The predicted octanol–water partition coefficient (Wildman–Crippen LogP) is 5.96. The van der Waals surface area contributed by atoms with Crippen molar-refractivity contribution in [1.82, 2.24) is 10.2 Å². The number of amides is 2. The van der Waals surface area contributed by atoms with E-state index in [1.165, 1.54) is 11.4 Å². The van der Waals surface area contributed by atoms with E-state index in [1.54, 1.807) is 47.4 Å². The zero-order valence-corrected chi connectivity index (χ0v) is 27.3. The fourth-order valence-corrected chi connectivity index (χ4v) is 5.86. The van der Waals surface area contributed by atoms with Crippen LogP contribution in [0.1, 0.15) is 37.8 Å². The van der Waals surface area contributed by atoms with Gasteiger partial charge in [0.25, 0.3) is 0 Å². The van der Waals surface area contributed by atoms with E-state index in [9.17, 15) is 18.0 Å². The van der Waals surface area contributed by atoms with E-state index >= 15 is 0 Å². The molecule has 11 heteroatoms. The molecule has 1 atom stereocenters. The number of nitrogens with zero attached hydrogens (tertiary/aromatic N) is 2. The van der Waals surface area contributed by atoms with Gasteiger partial charge in [-0.3, -0.25) is 13.9 Å². The van der Waals surface area contributed by atoms with Crippen molar-refractivity contribution in [3.8, 4) is 5.75 Å². The quantitative estimate of drug-likeness (QED) is 0.220. The van der Waals surface area contributed by atoms with E-state index in [2.05, 4.69) is 5.32 Å². The highest BCUT2D eigenvalue weighted by atomic mass is 35.5. The summed E-state index contributed by atoms with van der Waals surface area (Å²) in [4.78, 5) is 29.1. The first-order valence-corrected chi connectivity index (χ1v) is 16.7. The molecule has 3 aromatic carbocycles. The molecule has 1 N–H and O–H groups in total. The Hall–Kier alpha value is -3.27. The van der Waals surface area contributed by atoms with Crippen LogP contribution in [0, 0.1) is 5.92 Å². The normalized spacial score (nSPS) is 12.1. The number of ether oxygens (including phenoxy) is 1. The molecule has 0 aliphatic rings. The van der Waals surface area contributed by atoms with Crippen LogP contribution in [0.5, 0.6) is 5.75 Å². The molecular weight excluding hydrogens is 609 g/mol. The molecule has 0 unspecified atom stereocenters. The molecule has 232 valence electrons. The molecule has 3 aromatic rings. The molecule has 0 bridgehead atoms. The van der Waals surface area contributed by atoms with Gasteiger partial charge in [0.15, 0.2) is 0 Å². The highest BCUT2D eigenvalue weighted by molar-refractivity contribution is 7.92. The van der Waals surface area contributed by atoms with Gasteiger partial charge in [-0.05, 0) is 47.7 Å².